The average molecular weight is 355 g/mol. The number of aromatic nitrogens is 2. The molecule has 7 heteroatoms. The number of amides is 1. The van der Waals surface area contributed by atoms with Crippen LogP contribution in [0, 0.1) is 0 Å². The van der Waals surface area contributed by atoms with Gasteiger partial charge in [0.2, 0.25) is 0 Å². The summed E-state index contributed by atoms with van der Waals surface area (Å²) in [5, 5.41) is 3.24. The number of nitrogens with zero attached hydrogens (tertiary/aromatic N) is 4. The van der Waals surface area contributed by atoms with Gasteiger partial charge in [-0.3, -0.25) is 4.79 Å². The number of nitrogens with one attached hydrogen (secondary N) is 1. The molecular formula is C19H25N5O2. The highest BCUT2D eigenvalue weighted by atomic mass is 16.5. The lowest BCUT2D eigenvalue weighted by atomic mass is 10.1. The second-order valence-corrected chi connectivity index (χ2v) is 6.37. The fourth-order valence-electron chi connectivity index (χ4n) is 2.94. The van der Waals surface area contributed by atoms with E-state index in [0.717, 1.165) is 43.9 Å². The molecule has 1 aromatic heterocycles. The van der Waals surface area contributed by atoms with Gasteiger partial charge < -0.3 is 19.9 Å². The molecule has 1 saturated heterocycles. The maximum atomic E-state index is 12.5. The SMILES string of the molecule is COc1ccccc1CCNc1cnc(C(=O)N2CCN(C)CC2)cn1. The summed E-state index contributed by atoms with van der Waals surface area (Å²) in [6, 6.07) is 7.95. The number of methoxy groups -OCH3 is 1. The van der Waals surface area contributed by atoms with Gasteiger partial charge >= 0.3 is 0 Å². The highest BCUT2D eigenvalue weighted by molar-refractivity contribution is 5.92. The Hall–Kier alpha value is -2.67. The number of benzene rings is 1. The van der Waals surface area contributed by atoms with E-state index in [2.05, 4.69) is 27.2 Å². The Labute approximate surface area is 154 Å². The Morgan fingerprint density at radius 1 is 1.15 bits per heavy atom. The van der Waals surface area contributed by atoms with E-state index in [9.17, 15) is 4.79 Å². The molecule has 138 valence electrons. The zero-order valence-corrected chi connectivity index (χ0v) is 15.3. The molecule has 0 unspecified atom stereocenters. The Morgan fingerprint density at radius 3 is 2.62 bits per heavy atom. The van der Waals surface area contributed by atoms with Crippen molar-refractivity contribution in [1.82, 2.24) is 19.8 Å². The normalized spacial score (nSPS) is 14.9. The van der Waals surface area contributed by atoms with Crippen LogP contribution in [0.1, 0.15) is 16.1 Å². The van der Waals surface area contributed by atoms with Crippen LogP contribution in [0.3, 0.4) is 0 Å². The van der Waals surface area contributed by atoms with Crippen LogP contribution < -0.4 is 10.1 Å². The molecule has 3 rings (SSSR count). The Balaban J connectivity index is 1.52. The van der Waals surface area contributed by atoms with Gasteiger partial charge in [-0.25, -0.2) is 9.97 Å². The van der Waals surface area contributed by atoms with E-state index in [4.69, 9.17) is 4.74 Å². The van der Waals surface area contributed by atoms with Crippen molar-refractivity contribution in [2.24, 2.45) is 0 Å². The maximum Gasteiger partial charge on any atom is 0.274 e. The van der Waals surface area contributed by atoms with Gasteiger partial charge in [0.25, 0.3) is 5.91 Å². The van der Waals surface area contributed by atoms with Crippen molar-refractivity contribution in [3.8, 4) is 5.75 Å². The Bertz CT molecular complexity index is 727. The summed E-state index contributed by atoms with van der Waals surface area (Å²) < 4.78 is 5.35. The first kappa shape index (κ1) is 18.1. The quantitative estimate of drug-likeness (QED) is 0.847. The van der Waals surface area contributed by atoms with Crippen LogP contribution in [0.2, 0.25) is 0 Å². The fourth-order valence-corrected chi connectivity index (χ4v) is 2.94. The number of para-hydroxylation sites is 1. The van der Waals surface area contributed by atoms with Gasteiger partial charge in [0, 0.05) is 32.7 Å². The second-order valence-electron chi connectivity index (χ2n) is 6.37. The van der Waals surface area contributed by atoms with Crippen molar-refractivity contribution in [1.29, 1.82) is 0 Å². The lowest BCUT2D eigenvalue weighted by molar-refractivity contribution is 0.0658. The lowest BCUT2D eigenvalue weighted by Gasteiger charge is -2.32. The number of rotatable bonds is 6. The van der Waals surface area contributed by atoms with Gasteiger partial charge in [0.05, 0.1) is 19.5 Å². The molecule has 2 aromatic rings. The van der Waals surface area contributed by atoms with E-state index in [1.165, 1.54) is 0 Å². The third-order valence-electron chi connectivity index (χ3n) is 4.55. The van der Waals surface area contributed by atoms with Crippen molar-refractivity contribution in [3.63, 3.8) is 0 Å². The number of hydrogen-bond donors (Lipinski definition) is 1. The summed E-state index contributed by atoms with van der Waals surface area (Å²) >= 11 is 0. The second kappa shape index (κ2) is 8.62. The molecule has 0 aliphatic carbocycles. The third-order valence-corrected chi connectivity index (χ3v) is 4.55. The van der Waals surface area contributed by atoms with E-state index in [1.807, 2.05) is 29.2 Å². The fraction of sp³-hybridized carbons (Fsp3) is 0.421. The number of carbonyl (C=O) groups excluding carboxylic acids is 1. The van der Waals surface area contributed by atoms with Gasteiger partial charge in [0.15, 0.2) is 0 Å². The first-order valence-electron chi connectivity index (χ1n) is 8.83. The zero-order valence-electron chi connectivity index (χ0n) is 15.3. The molecule has 7 nitrogen and oxygen atoms in total. The van der Waals surface area contributed by atoms with E-state index in [1.54, 1.807) is 19.5 Å². The first-order valence-corrected chi connectivity index (χ1v) is 8.83. The summed E-state index contributed by atoms with van der Waals surface area (Å²) in [6.07, 6.45) is 3.98. The maximum absolute atomic E-state index is 12.5. The zero-order chi connectivity index (χ0) is 18.4. The highest BCUT2D eigenvalue weighted by Gasteiger charge is 2.21. The molecule has 26 heavy (non-hydrogen) atoms. The number of hydrogen-bond acceptors (Lipinski definition) is 6. The number of piperazine rings is 1. The predicted octanol–water partition coefficient (Wildman–Crippen LogP) is 1.53. The smallest absolute Gasteiger partial charge is 0.274 e. The summed E-state index contributed by atoms with van der Waals surface area (Å²) in [5.41, 5.74) is 1.53. The van der Waals surface area contributed by atoms with Crippen LogP contribution >= 0.6 is 0 Å². The highest BCUT2D eigenvalue weighted by Crippen LogP contribution is 2.17. The summed E-state index contributed by atoms with van der Waals surface area (Å²) in [6.45, 7) is 3.95. The molecule has 1 aliphatic heterocycles. The van der Waals surface area contributed by atoms with Gasteiger partial charge in [-0.2, -0.15) is 0 Å². The average Bonchev–Trinajstić information content (AvgIpc) is 2.69. The third kappa shape index (κ3) is 4.49. The van der Waals surface area contributed by atoms with Crippen molar-refractivity contribution >= 4 is 11.7 Å². The van der Waals surface area contributed by atoms with Gasteiger partial charge in [-0.05, 0) is 25.1 Å². The Kier molecular flexibility index (Phi) is 6.01. The summed E-state index contributed by atoms with van der Waals surface area (Å²) in [5.74, 6) is 1.49. The number of ether oxygens (including phenoxy) is 1. The van der Waals surface area contributed by atoms with E-state index >= 15 is 0 Å². The molecule has 2 heterocycles. The van der Waals surface area contributed by atoms with Gasteiger partial charge in [0.1, 0.15) is 17.3 Å². The minimum atomic E-state index is -0.0498. The van der Waals surface area contributed by atoms with Crippen molar-refractivity contribution in [2.75, 3.05) is 52.2 Å². The van der Waals surface area contributed by atoms with E-state index in [0.29, 0.717) is 18.1 Å². The van der Waals surface area contributed by atoms with E-state index in [-0.39, 0.29) is 5.91 Å². The molecular weight excluding hydrogens is 330 g/mol. The summed E-state index contributed by atoms with van der Waals surface area (Å²) in [4.78, 5) is 25.1. The molecule has 1 fully saturated rings. The number of carbonyl (C=O) groups is 1. The number of likely N-dealkylation sites (N-methyl/N-ethyl adjacent to an activating group) is 1. The van der Waals surface area contributed by atoms with E-state index < -0.39 is 0 Å². The molecule has 1 amide bonds. The predicted molar refractivity (Wildman–Crippen MR) is 101 cm³/mol. The van der Waals surface area contributed by atoms with Gasteiger partial charge in [-0.15, -0.1) is 0 Å². The first-order chi connectivity index (χ1) is 12.7. The Morgan fingerprint density at radius 2 is 1.92 bits per heavy atom. The van der Waals surface area contributed by atoms with Gasteiger partial charge in [-0.1, -0.05) is 18.2 Å². The monoisotopic (exact) mass is 355 g/mol. The molecule has 0 saturated carbocycles. The standard InChI is InChI=1S/C19H25N5O2/c1-23-9-11-24(12-10-23)19(25)16-13-22-18(14-21-16)20-8-7-15-5-3-4-6-17(15)26-2/h3-6,13-14H,7-12H2,1-2H3,(H,20,22). The molecule has 0 atom stereocenters. The molecule has 0 spiro atoms. The molecule has 1 aliphatic rings. The van der Waals surface area contributed by atoms with Crippen LogP contribution in [-0.2, 0) is 6.42 Å². The number of anilines is 1. The minimum Gasteiger partial charge on any atom is -0.496 e. The molecule has 0 bridgehead atoms. The van der Waals surface area contributed by atoms with Crippen LogP contribution in [0.15, 0.2) is 36.7 Å². The minimum absolute atomic E-state index is 0.0498. The van der Waals surface area contributed by atoms with Crippen molar-refractivity contribution in [3.05, 3.63) is 47.9 Å². The molecule has 0 radical (unpaired) electrons. The van der Waals surface area contributed by atoms with Crippen LogP contribution in [-0.4, -0.2) is 72.6 Å². The largest absolute Gasteiger partial charge is 0.496 e. The van der Waals surface area contributed by atoms with Crippen molar-refractivity contribution in [2.45, 2.75) is 6.42 Å². The van der Waals surface area contributed by atoms with Crippen molar-refractivity contribution < 1.29 is 9.53 Å². The summed E-state index contributed by atoms with van der Waals surface area (Å²) in [7, 11) is 3.74. The molecule has 1 N–H and O–H groups in total. The van der Waals surface area contributed by atoms with Crippen LogP contribution in [0.4, 0.5) is 5.82 Å². The van der Waals surface area contributed by atoms with Crippen LogP contribution in [0.5, 0.6) is 5.75 Å². The van der Waals surface area contributed by atoms with Crippen LogP contribution in [0.25, 0.3) is 0 Å². The lowest BCUT2D eigenvalue weighted by Crippen LogP contribution is -2.47. The molecule has 1 aromatic carbocycles. The topological polar surface area (TPSA) is 70.6 Å².